The SMILES string of the molecule is CCOc1cc(NC(=O)C(C)Oc2ccccc2)c(OCC)cc1N. The minimum absolute atomic E-state index is 0.294. The van der Waals surface area contributed by atoms with Crippen LogP contribution in [0.4, 0.5) is 11.4 Å². The fourth-order valence-electron chi connectivity index (χ4n) is 2.22. The molecular formula is C19H24N2O4. The smallest absolute Gasteiger partial charge is 0.265 e. The number of ether oxygens (including phenoxy) is 3. The van der Waals surface area contributed by atoms with E-state index < -0.39 is 6.10 Å². The van der Waals surface area contributed by atoms with E-state index in [1.165, 1.54) is 0 Å². The molecule has 6 heteroatoms. The number of hydrogen-bond acceptors (Lipinski definition) is 5. The van der Waals surface area contributed by atoms with Crippen LogP contribution in [0, 0.1) is 0 Å². The normalized spacial score (nSPS) is 11.5. The number of hydrogen-bond donors (Lipinski definition) is 2. The van der Waals surface area contributed by atoms with Crippen LogP contribution in [0.1, 0.15) is 20.8 Å². The second-order valence-corrected chi connectivity index (χ2v) is 5.31. The first-order chi connectivity index (χ1) is 12.0. The van der Waals surface area contributed by atoms with Crippen LogP contribution >= 0.6 is 0 Å². The Morgan fingerprint density at radius 1 is 1.08 bits per heavy atom. The minimum Gasteiger partial charge on any atom is -0.492 e. The molecule has 2 aromatic rings. The van der Waals surface area contributed by atoms with Crippen molar-refractivity contribution >= 4 is 17.3 Å². The quantitative estimate of drug-likeness (QED) is 0.717. The Kier molecular flexibility index (Phi) is 6.51. The Bertz CT molecular complexity index is 704. The predicted octanol–water partition coefficient (Wildman–Crippen LogP) is 3.47. The van der Waals surface area contributed by atoms with E-state index in [1.54, 1.807) is 31.2 Å². The molecule has 0 radical (unpaired) electrons. The summed E-state index contributed by atoms with van der Waals surface area (Å²) in [5.41, 5.74) is 6.91. The summed E-state index contributed by atoms with van der Waals surface area (Å²) in [7, 11) is 0. The highest BCUT2D eigenvalue weighted by molar-refractivity contribution is 5.96. The molecule has 2 aromatic carbocycles. The van der Waals surface area contributed by atoms with Crippen molar-refractivity contribution in [2.24, 2.45) is 0 Å². The van der Waals surface area contributed by atoms with Crippen LogP contribution in [0.3, 0.4) is 0 Å². The lowest BCUT2D eigenvalue weighted by Gasteiger charge is -2.18. The topological polar surface area (TPSA) is 82.8 Å². The van der Waals surface area contributed by atoms with E-state index in [-0.39, 0.29) is 5.91 Å². The average Bonchev–Trinajstić information content (AvgIpc) is 2.60. The fraction of sp³-hybridized carbons (Fsp3) is 0.316. The van der Waals surface area contributed by atoms with Crippen LogP contribution in [-0.4, -0.2) is 25.2 Å². The van der Waals surface area contributed by atoms with Gasteiger partial charge < -0.3 is 25.3 Å². The zero-order valence-corrected chi connectivity index (χ0v) is 14.7. The van der Waals surface area contributed by atoms with Gasteiger partial charge in [-0.15, -0.1) is 0 Å². The monoisotopic (exact) mass is 344 g/mol. The number of nitrogens with one attached hydrogen (secondary N) is 1. The summed E-state index contributed by atoms with van der Waals surface area (Å²) in [4.78, 5) is 12.5. The second-order valence-electron chi connectivity index (χ2n) is 5.31. The molecule has 0 saturated heterocycles. The molecule has 2 rings (SSSR count). The number of amides is 1. The van der Waals surface area contributed by atoms with Crippen LogP contribution in [-0.2, 0) is 4.79 Å². The standard InChI is InChI=1S/C19H24N2O4/c1-4-23-17-12-16(18(24-5-2)11-15(17)20)21-19(22)13(3)25-14-9-7-6-8-10-14/h6-13H,4-5,20H2,1-3H3,(H,21,22). The summed E-state index contributed by atoms with van der Waals surface area (Å²) in [5, 5.41) is 2.82. The van der Waals surface area contributed by atoms with E-state index in [2.05, 4.69) is 5.32 Å². The summed E-state index contributed by atoms with van der Waals surface area (Å²) in [6, 6.07) is 12.5. The Hall–Kier alpha value is -2.89. The number of nitrogen functional groups attached to an aromatic ring is 1. The van der Waals surface area contributed by atoms with E-state index in [0.717, 1.165) is 0 Å². The van der Waals surface area contributed by atoms with Gasteiger partial charge in [0, 0.05) is 12.1 Å². The molecule has 25 heavy (non-hydrogen) atoms. The maximum Gasteiger partial charge on any atom is 0.265 e. The third-order valence-electron chi connectivity index (χ3n) is 3.39. The summed E-state index contributed by atoms with van der Waals surface area (Å²) in [6.45, 7) is 6.33. The van der Waals surface area contributed by atoms with E-state index in [4.69, 9.17) is 19.9 Å². The van der Waals surface area contributed by atoms with Crippen LogP contribution in [0.2, 0.25) is 0 Å². The molecule has 0 aromatic heterocycles. The van der Waals surface area contributed by atoms with Crippen molar-refractivity contribution in [3.8, 4) is 17.2 Å². The maximum absolute atomic E-state index is 12.5. The molecule has 6 nitrogen and oxygen atoms in total. The van der Waals surface area contributed by atoms with Gasteiger partial charge in [-0.3, -0.25) is 4.79 Å². The van der Waals surface area contributed by atoms with Crippen molar-refractivity contribution in [2.75, 3.05) is 24.3 Å². The van der Waals surface area contributed by atoms with Gasteiger partial charge in [0.2, 0.25) is 0 Å². The molecule has 0 aliphatic heterocycles. The van der Waals surface area contributed by atoms with Crippen LogP contribution in [0.25, 0.3) is 0 Å². The summed E-state index contributed by atoms with van der Waals surface area (Å²) in [6.07, 6.45) is -0.676. The van der Waals surface area contributed by atoms with Crippen molar-refractivity contribution in [3.05, 3.63) is 42.5 Å². The Morgan fingerprint density at radius 2 is 1.72 bits per heavy atom. The molecule has 1 unspecified atom stereocenters. The molecule has 0 aliphatic rings. The van der Waals surface area contributed by atoms with Crippen LogP contribution < -0.4 is 25.3 Å². The number of rotatable bonds is 8. The summed E-state index contributed by atoms with van der Waals surface area (Å²) < 4.78 is 16.7. The van der Waals surface area contributed by atoms with Crippen LogP contribution in [0.15, 0.2) is 42.5 Å². The molecule has 1 amide bonds. The molecule has 134 valence electrons. The number of carbonyl (C=O) groups is 1. The highest BCUT2D eigenvalue weighted by Gasteiger charge is 2.18. The molecule has 0 aliphatic carbocycles. The number of benzene rings is 2. The highest BCUT2D eigenvalue weighted by atomic mass is 16.5. The lowest BCUT2D eigenvalue weighted by Crippen LogP contribution is -2.30. The zero-order chi connectivity index (χ0) is 18.2. The van der Waals surface area contributed by atoms with Gasteiger partial charge in [0.25, 0.3) is 5.91 Å². The Labute approximate surface area is 147 Å². The first-order valence-electron chi connectivity index (χ1n) is 8.26. The molecule has 0 fully saturated rings. The molecule has 1 atom stereocenters. The minimum atomic E-state index is -0.676. The van der Waals surface area contributed by atoms with Crippen molar-refractivity contribution < 1.29 is 19.0 Å². The molecule has 0 heterocycles. The maximum atomic E-state index is 12.5. The lowest BCUT2D eigenvalue weighted by atomic mass is 10.2. The molecule has 0 saturated carbocycles. The predicted molar refractivity (Wildman–Crippen MR) is 98.4 cm³/mol. The van der Waals surface area contributed by atoms with Gasteiger partial charge >= 0.3 is 0 Å². The van der Waals surface area contributed by atoms with Gasteiger partial charge in [-0.25, -0.2) is 0 Å². The van der Waals surface area contributed by atoms with Crippen molar-refractivity contribution in [1.82, 2.24) is 0 Å². The summed E-state index contributed by atoms with van der Waals surface area (Å²) >= 11 is 0. The molecule has 0 spiro atoms. The Balaban J connectivity index is 2.16. The van der Waals surface area contributed by atoms with Gasteiger partial charge in [-0.2, -0.15) is 0 Å². The number of anilines is 2. The first kappa shape index (κ1) is 18.4. The van der Waals surface area contributed by atoms with Crippen LogP contribution in [0.5, 0.6) is 17.2 Å². The fourth-order valence-corrected chi connectivity index (χ4v) is 2.22. The average molecular weight is 344 g/mol. The number of nitrogens with two attached hydrogens (primary N) is 1. The summed E-state index contributed by atoms with van der Waals surface area (Å²) in [5.74, 6) is 1.32. The van der Waals surface area contributed by atoms with Gasteiger partial charge in [-0.1, -0.05) is 18.2 Å². The number of carbonyl (C=O) groups excluding carboxylic acids is 1. The zero-order valence-electron chi connectivity index (χ0n) is 14.7. The molecular weight excluding hydrogens is 320 g/mol. The van der Waals surface area contributed by atoms with Crippen molar-refractivity contribution in [2.45, 2.75) is 26.9 Å². The van der Waals surface area contributed by atoms with Gasteiger partial charge in [0.1, 0.15) is 17.2 Å². The number of para-hydroxylation sites is 1. The Morgan fingerprint density at radius 3 is 2.36 bits per heavy atom. The highest BCUT2D eigenvalue weighted by Crippen LogP contribution is 2.35. The lowest BCUT2D eigenvalue weighted by molar-refractivity contribution is -0.122. The van der Waals surface area contributed by atoms with Gasteiger partial charge in [0.15, 0.2) is 6.10 Å². The van der Waals surface area contributed by atoms with E-state index in [9.17, 15) is 4.79 Å². The van der Waals surface area contributed by atoms with E-state index in [1.807, 2.05) is 32.0 Å². The largest absolute Gasteiger partial charge is 0.492 e. The van der Waals surface area contributed by atoms with E-state index in [0.29, 0.717) is 41.8 Å². The van der Waals surface area contributed by atoms with Gasteiger partial charge in [0.05, 0.1) is 24.6 Å². The first-order valence-corrected chi connectivity index (χ1v) is 8.26. The van der Waals surface area contributed by atoms with E-state index >= 15 is 0 Å². The van der Waals surface area contributed by atoms with Crippen molar-refractivity contribution in [1.29, 1.82) is 0 Å². The van der Waals surface area contributed by atoms with Gasteiger partial charge in [-0.05, 0) is 32.9 Å². The molecule has 3 N–H and O–H groups in total. The molecule has 0 bridgehead atoms. The third kappa shape index (κ3) is 5.04. The second kappa shape index (κ2) is 8.82. The van der Waals surface area contributed by atoms with Crippen molar-refractivity contribution in [3.63, 3.8) is 0 Å². The third-order valence-corrected chi connectivity index (χ3v) is 3.39.